The average molecular weight is 211 g/mol. The summed E-state index contributed by atoms with van der Waals surface area (Å²) in [6, 6.07) is 7.21. The molecule has 0 aliphatic heterocycles. The molecule has 0 fully saturated rings. The van der Waals surface area contributed by atoms with Crippen LogP contribution < -0.4 is 5.90 Å². The second-order valence-corrected chi connectivity index (χ2v) is 3.14. The Morgan fingerprint density at radius 2 is 2.00 bits per heavy atom. The quantitative estimate of drug-likeness (QED) is 0.464. The molecule has 74 valence electrons. The summed E-state index contributed by atoms with van der Waals surface area (Å²) in [6.45, 7) is 5.43. The number of rotatable bonds is 2. The SMILES string of the molecule is C=C(N=C(C)ON)c1ccc(Cl)cc1. The first-order valence-corrected chi connectivity index (χ1v) is 4.38. The highest BCUT2D eigenvalue weighted by atomic mass is 35.5. The van der Waals surface area contributed by atoms with E-state index >= 15 is 0 Å². The van der Waals surface area contributed by atoms with E-state index in [2.05, 4.69) is 16.4 Å². The van der Waals surface area contributed by atoms with Gasteiger partial charge in [0.1, 0.15) is 0 Å². The smallest absolute Gasteiger partial charge is 0.210 e. The lowest BCUT2D eigenvalue weighted by Gasteiger charge is -2.01. The van der Waals surface area contributed by atoms with Crippen LogP contribution in [-0.2, 0) is 4.84 Å². The third-order valence-corrected chi connectivity index (χ3v) is 1.89. The molecule has 1 aromatic rings. The van der Waals surface area contributed by atoms with Gasteiger partial charge < -0.3 is 4.84 Å². The summed E-state index contributed by atoms with van der Waals surface area (Å²) in [7, 11) is 0. The molecule has 3 nitrogen and oxygen atoms in total. The molecular weight excluding hydrogens is 200 g/mol. The predicted molar refractivity (Wildman–Crippen MR) is 58.9 cm³/mol. The molecular formula is C10H11ClN2O. The van der Waals surface area contributed by atoms with Crippen molar-refractivity contribution in [3.05, 3.63) is 41.4 Å². The van der Waals surface area contributed by atoms with Gasteiger partial charge in [-0.25, -0.2) is 4.99 Å². The second-order valence-electron chi connectivity index (χ2n) is 2.70. The highest BCUT2D eigenvalue weighted by Gasteiger charge is 1.98. The number of hydrogen-bond donors (Lipinski definition) is 1. The van der Waals surface area contributed by atoms with Crippen LogP contribution in [0, 0.1) is 0 Å². The first kappa shape index (κ1) is 10.8. The Morgan fingerprint density at radius 1 is 1.43 bits per heavy atom. The number of halogens is 1. The summed E-state index contributed by atoms with van der Waals surface area (Å²) in [5.74, 6) is 5.30. The fourth-order valence-corrected chi connectivity index (χ4v) is 1.05. The van der Waals surface area contributed by atoms with E-state index in [1.807, 2.05) is 12.1 Å². The van der Waals surface area contributed by atoms with Crippen LogP contribution >= 0.6 is 11.6 Å². The molecule has 1 rings (SSSR count). The van der Waals surface area contributed by atoms with Gasteiger partial charge in [0.2, 0.25) is 5.90 Å². The Morgan fingerprint density at radius 3 is 2.50 bits per heavy atom. The Labute approximate surface area is 87.8 Å². The van der Waals surface area contributed by atoms with Crippen molar-refractivity contribution < 1.29 is 4.84 Å². The molecule has 14 heavy (non-hydrogen) atoms. The number of aliphatic imine (C=N–C) groups is 1. The predicted octanol–water partition coefficient (Wildman–Crippen LogP) is 2.62. The molecule has 1 aromatic carbocycles. The van der Waals surface area contributed by atoms with E-state index in [9.17, 15) is 0 Å². The summed E-state index contributed by atoms with van der Waals surface area (Å²) in [5, 5.41) is 0.678. The van der Waals surface area contributed by atoms with E-state index < -0.39 is 0 Å². The number of nitrogens with two attached hydrogens (primary N) is 1. The third kappa shape index (κ3) is 2.87. The van der Waals surface area contributed by atoms with Crippen LogP contribution in [-0.4, -0.2) is 5.90 Å². The largest absolute Gasteiger partial charge is 0.396 e. The van der Waals surface area contributed by atoms with Crippen molar-refractivity contribution in [1.82, 2.24) is 0 Å². The summed E-state index contributed by atoms with van der Waals surface area (Å²) >= 11 is 5.74. The van der Waals surface area contributed by atoms with Crippen molar-refractivity contribution in [1.29, 1.82) is 0 Å². The molecule has 4 heteroatoms. The molecule has 0 amide bonds. The van der Waals surface area contributed by atoms with Crippen molar-refractivity contribution in [3.8, 4) is 0 Å². The molecule has 2 N–H and O–H groups in total. The molecule has 0 spiro atoms. The molecule has 0 bridgehead atoms. The van der Waals surface area contributed by atoms with Crippen LogP contribution in [0.25, 0.3) is 5.70 Å². The fraction of sp³-hybridized carbons (Fsp3) is 0.100. The van der Waals surface area contributed by atoms with Crippen LogP contribution in [0.15, 0.2) is 35.8 Å². The fourth-order valence-electron chi connectivity index (χ4n) is 0.923. The minimum absolute atomic E-state index is 0.366. The Bertz CT molecular complexity index is 357. The zero-order valence-corrected chi connectivity index (χ0v) is 8.58. The minimum atomic E-state index is 0.366. The van der Waals surface area contributed by atoms with Gasteiger partial charge in [0.15, 0.2) is 0 Å². The maximum absolute atomic E-state index is 5.74. The van der Waals surface area contributed by atoms with E-state index in [1.165, 1.54) is 0 Å². The zero-order chi connectivity index (χ0) is 10.6. The summed E-state index contributed by atoms with van der Waals surface area (Å²) in [6.07, 6.45) is 0. The highest BCUT2D eigenvalue weighted by molar-refractivity contribution is 6.30. The van der Waals surface area contributed by atoms with Crippen molar-refractivity contribution >= 4 is 23.2 Å². The van der Waals surface area contributed by atoms with Gasteiger partial charge in [0.25, 0.3) is 0 Å². The Balaban J connectivity index is 2.85. The van der Waals surface area contributed by atoms with E-state index in [0.717, 1.165) is 5.56 Å². The molecule has 0 aromatic heterocycles. The van der Waals surface area contributed by atoms with Crippen molar-refractivity contribution in [2.24, 2.45) is 10.9 Å². The molecule has 0 saturated heterocycles. The average Bonchev–Trinajstić information content (AvgIpc) is 2.18. The lowest BCUT2D eigenvalue weighted by molar-refractivity contribution is 0.318. The first-order chi connectivity index (χ1) is 6.63. The van der Waals surface area contributed by atoms with E-state index in [0.29, 0.717) is 16.6 Å². The Kier molecular flexibility index (Phi) is 3.68. The molecule has 0 radical (unpaired) electrons. The second kappa shape index (κ2) is 4.79. The van der Waals surface area contributed by atoms with Crippen LogP contribution in [0.3, 0.4) is 0 Å². The maximum Gasteiger partial charge on any atom is 0.210 e. The lowest BCUT2D eigenvalue weighted by Crippen LogP contribution is -2.05. The Hall–Kier alpha value is -1.32. The van der Waals surface area contributed by atoms with Crippen LogP contribution in [0.2, 0.25) is 5.02 Å². The molecule has 0 heterocycles. The van der Waals surface area contributed by atoms with Gasteiger partial charge in [-0.3, -0.25) is 0 Å². The van der Waals surface area contributed by atoms with Crippen LogP contribution in [0.1, 0.15) is 12.5 Å². The van der Waals surface area contributed by atoms with Crippen LogP contribution in [0.4, 0.5) is 0 Å². The van der Waals surface area contributed by atoms with Gasteiger partial charge in [0.05, 0.1) is 5.70 Å². The van der Waals surface area contributed by atoms with Gasteiger partial charge >= 0.3 is 0 Å². The van der Waals surface area contributed by atoms with Gasteiger partial charge in [-0.15, -0.1) is 0 Å². The number of hydrogen-bond acceptors (Lipinski definition) is 3. The van der Waals surface area contributed by atoms with Gasteiger partial charge in [-0.05, 0) is 17.7 Å². The number of benzene rings is 1. The first-order valence-electron chi connectivity index (χ1n) is 4.00. The van der Waals surface area contributed by atoms with Crippen LogP contribution in [0.5, 0.6) is 0 Å². The summed E-state index contributed by atoms with van der Waals surface area (Å²) < 4.78 is 0. The van der Waals surface area contributed by atoms with Gasteiger partial charge in [-0.2, -0.15) is 5.90 Å². The molecule has 0 atom stereocenters. The topological polar surface area (TPSA) is 47.6 Å². The van der Waals surface area contributed by atoms with E-state index in [-0.39, 0.29) is 0 Å². The normalized spacial score (nSPS) is 11.2. The van der Waals surface area contributed by atoms with Crippen molar-refractivity contribution in [2.75, 3.05) is 0 Å². The van der Waals surface area contributed by atoms with Gasteiger partial charge in [0, 0.05) is 11.9 Å². The van der Waals surface area contributed by atoms with Crippen molar-refractivity contribution in [3.63, 3.8) is 0 Å². The molecule has 0 aliphatic carbocycles. The van der Waals surface area contributed by atoms with E-state index in [1.54, 1.807) is 19.1 Å². The summed E-state index contributed by atoms with van der Waals surface area (Å²) in [5.41, 5.74) is 1.47. The third-order valence-electron chi connectivity index (χ3n) is 1.64. The summed E-state index contributed by atoms with van der Waals surface area (Å²) in [4.78, 5) is 8.46. The monoisotopic (exact) mass is 210 g/mol. The molecule has 0 unspecified atom stereocenters. The minimum Gasteiger partial charge on any atom is -0.396 e. The maximum atomic E-state index is 5.74. The standard InChI is InChI=1S/C10H11ClN2O/c1-7(13-8(2)14-12)9-3-5-10(11)6-4-9/h3-6H,1,12H2,2H3. The van der Waals surface area contributed by atoms with Gasteiger partial charge in [-0.1, -0.05) is 30.3 Å². The van der Waals surface area contributed by atoms with Crippen molar-refractivity contribution in [2.45, 2.75) is 6.92 Å². The highest BCUT2D eigenvalue weighted by Crippen LogP contribution is 2.17. The lowest BCUT2D eigenvalue weighted by atomic mass is 10.2. The number of nitrogens with zero attached hydrogens (tertiary/aromatic N) is 1. The van der Waals surface area contributed by atoms with E-state index in [4.69, 9.17) is 17.5 Å². The molecule has 0 saturated carbocycles. The zero-order valence-electron chi connectivity index (χ0n) is 7.83. The molecule has 0 aliphatic rings.